The first kappa shape index (κ1) is 18.9. The molecule has 6 heteroatoms. The van der Waals surface area contributed by atoms with Gasteiger partial charge in [0.25, 0.3) is 0 Å². The summed E-state index contributed by atoms with van der Waals surface area (Å²) in [5, 5.41) is 0. The third kappa shape index (κ3) is 4.94. The lowest BCUT2D eigenvalue weighted by atomic mass is 10.1. The second-order valence-electron chi connectivity index (χ2n) is 5.27. The van der Waals surface area contributed by atoms with Gasteiger partial charge in [0.2, 0.25) is 5.43 Å². The fourth-order valence-electron chi connectivity index (χ4n) is 2.01. The highest BCUT2D eigenvalue weighted by atomic mass is 16.5. The first-order chi connectivity index (χ1) is 10.9. The highest BCUT2D eigenvalue weighted by molar-refractivity contribution is 5.96. The van der Waals surface area contributed by atoms with Crippen LogP contribution in [0.15, 0.2) is 9.21 Å². The normalized spacial score (nSPS) is 10.4. The van der Waals surface area contributed by atoms with E-state index in [-0.39, 0.29) is 35.9 Å². The van der Waals surface area contributed by atoms with Crippen molar-refractivity contribution in [3.05, 3.63) is 32.9 Å². The number of hydrogen-bond acceptors (Lipinski definition) is 6. The average molecular weight is 324 g/mol. The fourth-order valence-corrected chi connectivity index (χ4v) is 2.01. The molecule has 0 aromatic carbocycles. The molecule has 0 aliphatic carbocycles. The van der Waals surface area contributed by atoms with Gasteiger partial charge in [-0.1, -0.05) is 26.7 Å². The van der Waals surface area contributed by atoms with Crippen LogP contribution in [0.25, 0.3) is 0 Å². The molecule has 1 aromatic rings. The molecule has 1 rings (SSSR count). The summed E-state index contributed by atoms with van der Waals surface area (Å²) in [6.45, 7) is 7.36. The minimum absolute atomic E-state index is 0.138. The Bertz CT molecular complexity index is 565. The minimum atomic E-state index is -0.771. The largest absolute Gasteiger partial charge is 0.465 e. The first-order valence-corrected chi connectivity index (χ1v) is 7.92. The SMILES string of the molecule is CCCCOC(=O)c1c(C)oc(C)c(C(=O)OCCCC)c1=O. The number of rotatable bonds is 8. The van der Waals surface area contributed by atoms with Crippen molar-refractivity contribution in [2.45, 2.75) is 53.4 Å². The Morgan fingerprint density at radius 3 is 1.61 bits per heavy atom. The van der Waals surface area contributed by atoms with Gasteiger partial charge in [-0.25, -0.2) is 9.59 Å². The molecule has 0 aliphatic rings. The standard InChI is InChI=1S/C17H24O6/c1-5-7-9-21-16(19)13-11(3)23-12(4)14(15(13)18)17(20)22-10-8-6-2/h5-10H2,1-4H3. The average Bonchev–Trinajstić information content (AvgIpc) is 2.47. The van der Waals surface area contributed by atoms with Crippen molar-refractivity contribution in [1.82, 2.24) is 0 Å². The lowest BCUT2D eigenvalue weighted by molar-refractivity contribution is 0.0487. The van der Waals surface area contributed by atoms with E-state index in [2.05, 4.69) is 0 Å². The Hall–Kier alpha value is -2.11. The van der Waals surface area contributed by atoms with Crippen LogP contribution in [-0.2, 0) is 9.47 Å². The van der Waals surface area contributed by atoms with E-state index in [4.69, 9.17) is 13.9 Å². The van der Waals surface area contributed by atoms with Crippen molar-refractivity contribution in [2.75, 3.05) is 13.2 Å². The summed E-state index contributed by atoms with van der Waals surface area (Å²) in [5.41, 5.74) is -1.18. The first-order valence-electron chi connectivity index (χ1n) is 7.92. The molecule has 0 amide bonds. The second-order valence-corrected chi connectivity index (χ2v) is 5.27. The predicted octanol–water partition coefficient (Wildman–Crippen LogP) is 3.17. The maximum absolute atomic E-state index is 12.5. The summed E-state index contributed by atoms with van der Waals surface area (Å²) < 4.78 is 15.5. The summed E-state index contributed by atoms with van der Waals surface area (Å²) in [6, 6.07) is 0. The second kappa shape index (κ2) is 9.12. The molecule has 0 aliphatic heterocycles. The molecule has 0 atom stereocenters. The molecular weight excluding hydrogens is 300 g/mol. The maximum Gasteiger partial charge on any atom is 0.345 e. The highest BCUT2D eigenvalue weighted by Crippen LogP contribution is 2.13. The third-order valence-corrected chi connectivity index (χ3v) is 3.33. The molecule has 0 saturated heterocycles. The number of carbonyl (C=O) groups is 2. The van der Waals surface area contributed by atoms with Crippen molar-refractivity contribution in [1.29, 1.82) is 0 Å². The molecular formula is C17H24O6. The molecule has 0 saturated carbocycles. The van der Waals surface area contributed by atoms with Crippen molar-refractivity contribution in [2.24, 2.45) is 0 Å². The predicted molar refractivity (Wildman–Crippen MR) is 84.8 cm³/mol. The summed E-state index contributed by atoms with van der Waals surface area (Å²) in [4.78, 5) is 36.6. The van der Waals surface area contributed by atoms with Crippen molar-refractivity contribution in [3.8, 4) is 0 Å². The number of esters is 2. The Labute approximate surface area is 135 Å². The van der Waals surface area contributed by atoms with E-state index >= 15 is 0 Å². The van der Waals surface area contributed by atoms with Crippen LogP contribution in [0, 0.1) is 13.8 Å². The summed E-state index contributed by atoms with van der Waals surface area (Å²) >= 11 is 0. The highest BCUT2D eigenvalue weighted by Gasteiger charge is 2.26. The van der Waals surface area contributed by atoms with Gasteiger partial charge in [-0.2, -0.15) is 0 Å². The van der Waals surface area contributed by atoms with Gasteiger partial charge in [0.15, 0.2) is 0 Å². The van der Waals surface area contributed by atoms with Gasteiger partial charge in [0.05, 0.1) is 13.2 Å². The molecule has 0 fully saturated rings. The zero-order valence-corrected chi connectivity index (χ0v) is 14.2. The van der Waals surface area contributed by atoms with Gasteiger partial charge < -0.3 is 13.9 Å². The number of carbonyl (C=O) groups excluding carboxylic acids is 2. The minimum Gasteiger partial charge on any atom is -0.465 e. The van der Waals surface area contributed by atoms with Crippen LogP contribution in [-0.4, -0.2) is 25.2 Å². The van der Waals surface area contributed by atoms with Crippen LogP contribution >= 0.6 is 0 Å². The number of aryl methyl sites for hydroxylation is 2. The lowest BCUT2D eigenvalue weighted by Crippen LogP contribution is -2.27. The van der Waals surface area contributed by atoms with Crippen LogP contribution in [0.3, 0.4) is 0 Å². The Kier molecular flexibility index (Phi) is 7.51. The van der Waals surface area contributed by atoms with E-state index < -0.39 is 17.4 Å². The molecule has 0 unspecified atom stereocenters. The molecule has 0 bridgehead atoms. The van der Waals surface area contributed by atoms with Crippen LogP contribution in [0.5, 0.6) is 0 Å². The molecule has 1 aromatic heterocycles. The van der Waals surface area contributed by atoms with Crippen LogP contribution in [0.1, 0.15) is 71.8 Å². The van der Waals surface area contributed by atoms with Crippen LogP contribution in [0.4, 0.5) is 0 Å². The number of ether oxygens (including phenoxy) is 2. The Morgan fingerprint density at radius 1 is 0.870 bits per heavy atom. The topological polar surface area (TPSA) is 82.8 Å². The molecule has 0 N–H and O–H groups in total. The van der Waals surface area contributed by atoms with Gasteiger partial charge in [-0.05, 0) is 26.7 Å². The lowest BCUT2D eigenvalue weighted by Gasteiger charge is -2.10. The van der Waals surface area contributed by atoms with E-state index in [9.17, 15) is 14.4 Å². The maximum atomic E-state index is 12.5. The zero-order valence-electron chi connectivity index (χ0n) is 14.2. The van der Waals surface area contributed by atoms with Gasteiger partial charge in [0.1, 0.15) is 22.6 Å². The smallest absolute Gasteiger partial charge is 0.345 e. The van der Waals surface area contributed by atoms with Gasteiger partial charge in [0, 0.05) is 0 Å². The van der Waals surface area contributed by atoms with E-state index in [0.717, 1.165) is 12.8 Å². The zero-order chi connectivity index (χ0) is 17.4. The Balaban J connectivity index is 3.09. The molecule has 0 spiro atoms. The molecule has 0 radical (unpaired) electrons. The van der Waals surface area contributed by atoms with Crippen molar-refractivity contribution in [3.63, 3.8) is 0 Å². The molecule has 6 nitrogen and oxygen atoms in total. The van der Waals surface area contributed by atoms with E-state index in [0.29, 0.717) is 12.8 Å². The number of hydrogen-bond donors (Lipinski definition) is 0. The summed E-state index contributed by atoms with van der Waals surface area (Å²) in [7, 11) is 0. The van der Waals surface area contributed by atoms with Crippen LogP contribution < -0.4 is 5.43 Å². The van der Waals surface area contributed by atoms with E-state index in [1.54, 1.807) is 0 Å². The summed E-state index contributed by atoms with van der Waals surface area (Å²) in [5.74, 6) is -1.27. The van der Waals surface area contributed by atoms with E-state index in [1.807, 2.05) is 13.8 Å². The summed E-state index contributed by atoms with van der Waals surface area (Å²) in [6.07, 6.45) is 3.13. The number of unbranched alkanes of at least 4 members (excludes halogenated alkanes) is 2. The fraction of sp³-hybridized carbons (Fsp3) is 0.588. The van der Waals surface area contributed by atoms with Crippen molar-refractivity contribution >= 4 is 11.9 Å². The van der Waals surface area contributed by atoms with Crippen molar-refractivity contribution < 1.29 is 23.5 Å². The third-order valence-electron chi connectivity index (χ3n) is 3.33. The van der Waals surface area contributed by atoms with Gasteiger partial charge >= 0.3 is 11.9 Å². The van der Waals surface area contributed by atoms with Gasteiger partial charge in [-0.15, -0.1) is 0 Å². The quantitative estimate of drug-likeness (QED) is 0.539. The van der Waals surface area contributed by atoms with Gasteiger partial charge in [-0.3, -0.25) is 4.79 Å². The molecule has 128 valence electrons. The Morgan fingerprint density at radius 2 is 1.26 bits per heavy atom. The van der Waals surface area contributed by atoms with Crippen LogP contribution in [0.2, 0.25) is 0 Å². The molecule has 1 heterocycles. The monoisotopic (exact) mass is 324 g/mol. The van der Waals surface area contributed by atoms with E-state index in [1.165, 1.54) is 13.8 Å². The molecule has 23 heavy (non-hydrogen) atoms.